The minimum Gasteiger partial charge on any atom is -0.373 e. The van der Waals surface area contributed by atoms with Crippen molar-refractivity contribution in [2.75, 3.05) is 13.1 Å². The molecule has 1 fully saturated rings. The molecule has 0 bridgehead atoms. The summed E-state index contributed by atoms with van der Waals surface area (Å²) in [6.45, 7) is 4.04. The van der Waals surface area contributed by atoms with Gasteiger partial charge in [0.05, 0.1) is 18.6 Å². The smallest absolute Gasteiger partial charge is 0.227 e. The second kappa shape index (κ2) is 10.5. The fraction of sp³-hybridized carbons (Fsp3) is 0.409. The lowest BCUT2D eigenvalue weighted by Gasteiger charge is -2.34. The van der Waals surface area contributed by atoms with Crippen molar-refractivity contribution in [3.8, 4) is 0 Å². The van der Waals surface area contributed by atoms with Crippen LogP contribution in [-0.4, -0.2) is 30.0 Å². The summed E-state index contributed by atoms with van der Waals surface area (Å²) in [5.74, 6) is -0.0814. The molecule has 2 atom stereocenters. The Bertz CT molecular complexity index is 688. The molecule has 0 radical (unpaired) electrons. The van der Waals surface area contributed by atoms with Crippen molar-refractivity contribution in [3.63, 3.8) is 0 Å². The van der Waals surface area contributed by atoms with Gasteiger partial charge < -0.3 is 15.4 Å². The Hall–Kier alpha value is -1.88. The average molecular weight is 389 g/mol. The number of carbonyl (C=O) groups is 1. The number of hydrogen-bond acceptors (Lipinski definition) is 3. The Labute approximate surface area is 168 Å². The normalized spacial score (nSPS) is 17.0. The number of piperidine rings is 1. The number of nitrogens with zero attached hydrogens (tertiary/aromatic N) is 1. The number of hydrogen-bond donors (Lipinski definition) is 1. The summed E-state index contributed by atoms with van der Waals surface area (Å²) in [5.41, 5.74) is 8.51. The SMILES string of the molecule is CC(C(=O)N1CCC(OCc2ccccc2)CC1)C(N)c1ccccc1.Cl. The second-order valence-corrected chi connectivity index (χ2v) is 7.05. The van der Waals surface area contributed by atoms with Crippen molar-refractivity contribution < 1.29 is 9.53 Å². The first-order chi connectivity index (χ1) is 12.6. The van der Waals surface area contributed by atoms with Crippen molar-refractivity contribution in [2.24, 2.45) is 11.7 Å². The maximum Gasteiger partial charge on any atom is 0.227 e. The predicted molar refractivity (Wildman–Crippen MR) is 111 cm³/mol. The zero-order valence-corrected chi connectivity index (χ0v) is 16.6. The molecule has 0 saturated carbocycles. The summed E-state index contributed by atoms with van der Waals surface area (Å²) in [7, 11) is 0. The fourth-order valence-corrected chi connectivity index (χ4v) is 3.44. The molecule has 2 aromatic carbocycles. The van der Waals surface area contributed by atoms with E-state index in [-0.39, 0.29) is 36.4 Å². The maximum atomic E-state index is 12.8. The van der Waals surface area contributed by atoms with Gasteiger partial charge in [-0.05, 0) is 24.0 Å². The molecule has 1 aliphatic rings. The zero-order valence-electron chi connectivity index (χ0n) is 15.8. The van der Waals surface area contributed by atoms with E-state index >= 15 is 0 Å². The van der Waals surface area contributed by atoms with E-state index in [9.17, 15) is 4.79 Å². The number of nitrogens with two attached hydrogens (primary N) is 1. The van der Waals surface area contributed by atoms with Crippen molar-refractivity contribution in [3.05, 3.63) is 71.8 Å². The summed E-state index contributed by atoms with van der Waals surface area (Å²) in [4.78, 5) is 14.7. The molecule has 4 nitrogen and oxygen atoms in total. The monoisotopic (exact) mass is 388 g/mol. The first-order valence-electron chi connectivity index (χ1n) is 9.40. The zero-order chi connectivity index (χ0) is 18.4. The summed E-state index contributed by atoms with van der Waals surface area (Å²) in [6.07, 6.45) is 1.98. The molecule has 2 N–H and O–H groups in total. The van der Waals surface area contributed by atoms with Gasteiger partial charge in [0.15, 0.2) is 0 Å². The first kappa shape index (κ1) is 21.4. The van der Waals surface area contributed by atoms with E-state index < -0.39 is 0 Å². The van der Waals surface area contributed by atoms with Crippen LogP contribution in [0.5, 0.6) is 0 Å². The number of halogens is 1. The van der Waals surface area contributed by atoms with Crippen molar-refractivity contribution in [2.45, 2.75) is 38.5 Å². The van der Waals surface area contributed by atoms with Gasteiger partial charge in [0.25, 0.3) is 0 Å². The molecule has 1 amide bonds. The van der Waals surface area contributed by atoms with Gasteiger partial charge in [-0.25, -0.2) is 0 Å². The Morgan fingerprint density at radius 2 is 1.63 bits per heavy atom. The standard InChI is InChI=1S/C22H28N2O2.ClH/c1-17(21(23)19-10-6-3-7-11-19)22(25)24-14-12-20(13-15-24)26-16-18-8-4-2-5-9-18;/h2-11,17,20-21H,12-16,23H2,1H3;1H. The third kappa shape index (κ3) is 5.80. The molecule has 2 aromatic rings. The minimum absolute atomic E-state index is 0. The summed E-state index contributed by atoms with van der Waals surface area (Å²) in [6, 6.07) is 19.8. The van der Waals surface area contributed by atoms with E-state index in [1.54, 1.807) is 0 Å². The largest absolute Gasteiger partial charge is 0.373 e. The lowest BCUT2D eigenvalue weighted by Crippen LogP contribution is -2.45. The van der Waals surface area contributed by atoms with Gasteiger partial charge in [0.1, 0.15) is 0 Å². The van der Waals surface area contributed by atoms with Crippen LogP contribution in [-0.2, 0) is 16.1 Å². The topological polar surface area (TPSA) is 55.6 Å². The molecule has 27 heavy (non-hydrogen) atoms. The van der Waals surface area contributed by atoms with Crippen LogP contribution in [0.25, 0.3) is 0 Å². The van der Waals surface area contributed by atoms with Crippen LogP contribution in [0.4, 0.5) is 0 Å². The predicted octanol–water partition coefficient (Wildman–Crippen LogP) is 3.95. The highest BCUT2D eigenvalue weighted by molar-refractivity contribution is 5.85. The quantitative estimate of drug-likeness (QED) is 0.815. The van der Waals surface area contributed by atoms with Crippen molar-refractivity contribution in [1.82, 2.24) is 4.90 Å². The molecule has 1 aliphatic heterocycles. The van der Waals surface area contributed by atoms with Gasteiger partial charge in [-0.1, -0.05) is 67.6 Å². The number of ether oxygens (including phenoxy) is 1. The van der Waals surface area contributed by atoms with Crippen molar-refractivity contribution in [1.29, 1.82) is 0 Å². The van der Waals surface area contributed by atoms with Crippen LogP contribution in [0.15, 0.2) is 60.7 Å². The van der Waals surface area contributed by atoms with Gasteiger partial charge >= 0.3 is 0 Å². The Morgan fingerprint density at radius 3 is 2.22 bits per heavy atom. The average Bonchev–Trinajstić information content (AvgIpc) is 2.72. The summed E-state index contributed by atoms with van der Waals surface area (Å²) < 4.78 is 6.01. The van der Waals surface area contributed by atoms with Crippen LogP contribution >= 0.6 is 12.4 Å². The van der Waals surface area contributed by atoms with E-state index in [1.165, 1.54) is 5.56 Å². The van der Waals surface area contributed by atoms with Crippen molar-refractivity contribution >= 4 is 18.3 Å². The highest BCUT2D eigenvalue weighted by Gasteiger charge is 2.29. The molecule has 0 spiro atoms. The number of benzene rings is 2. The summed E-state index contributed by atoms with van der Waals surface area (Å²) >= 11 is 0. The third-order valence-corrected chi connectivity index (χ3v) is 5.19. The van der Waals surface area contributed by atoms with Gasteiger partial charge in [0.2, 0.25) is 5.91 Å². The Balaban J connectivity index is 0.00000261. The van der Waals surface area contributed by atoms with Gasteiger partial charge in [-0.3, -0.25) is 4.79 Å². The Kier molecular flexibility index (Phi) is 8.29. The second-order valence-electron chi connectivity index (χ2n) is 7.05. The lowest BCUT2D eigenvalue weighted by atomic mass is 9.93. The number of carbonyl (C=O) groups excluding carboxylic acids is 1. The highest BCUT2D eigenvalue weighted by atomic mass is 35.5. The first-order valence-corrected chi connectivity index (χ1v) is 9.40. The van der Waals surface area contributed by atoms with E-state index in [1.807, 2.05) is 60.4 Å². The number of likely N-dealkylation sites (tertiary alicyclic amines) is 1. The molecule has 146 valence electrons. The third-order valence-electron chi connectivity index (χ3n) is 5.19. The van der Waals surface area contributed by atoms with Gasteiger partial charge in [-0.2, -0.15) is 0 Å². The molecule has 5 heteroatoms. The molecule has 1 saturated heterocycles. The molecule has 1 heterocycles. The molecule has 3 rings (SSSR count). The van der Waals surface area contributed by atoms with Gasteiger partial charge in [0, 0.05) is 19.1 Å². The highest BCUT2D eigenvalue weighted by Crippen LogP contribution is 2.23. The Morgan fingerprint density at radius 1 is 1.07 bits per heavy atom. The molecular weight excluding hydrogens is 360 g/mol. The lowest BCUT2D eigenvalue weighted by molar-refractivity contribution is -0.138. The molecule has 2 unspecified atom stereocenters. The van der Waals surface area contributed by atoms with Crippen LogP contribution < -0.4 is 5.73 Å². The van der Waals surface area contributed by atoms with E-state index in [0.29, 0.717) is 6.61 Å². The summed E-state index contributed by atoms with van der Waals surface area (Å²) in [5, 5.41) is 0. The number of rotatable bonds is 6. The van der Waals surface area contributed by atoms with E-state index in [0.717, 1.165) is 31.5 Å². The maximum absolute atomic E-state index is 12.8. The van der Waals surface area contributed by atoms with Crippen LogP contribution in [0.2, 0.25) is 0 Å². The number of amides is 1. The fourth-order valence-electron chi connectivity index (χ4n) is 3.44. The van der Waals surface area contributed by atoms with Crippen LogP contribution in [0, 0.1) is 5.92 Å². The molecular formula is C22H29ClN2O2. The van der Waals surface area contributed by atoms with E-state index in [2.05, 4.69) is 12.1 Å². The minimum atomic E-state index is -0.268. The van der Waals surface area contributed by atoms with Crippen LogP contribution in [0.1, 0.15) is 36.9 Å². The van der Waals surface area contributed by atoms with Crippen LogP contribution in [0.3, 0.4) is 0 Å². The van der Waals surface area contributed by atoms with E-state index in [4.69, 9.17) is 10.5 Å². The molecule has 0 aromatic heterocycles. The van der Waals surface area contributed by atoms with Gasteiger partial charge in [-0.15, -0.1) is 12.4 Å². The molecule has 0 aliphatic carbocycles.